The van der Waals surface area contributed by atoms with Gasteiger partial charge in [-0.1, -0.05) is 23.7 Å². The molecule has 2 aromatic rings. The van der Waals surface area contributed by atoms with Crippen molar-refractivity contribution >= 4 is 17.5 Å². The predicted molar refractivity (Wildman–Crippen MR) is 59.1 cm³/mol. The Morgan fingerprint density at radius 3 is 2.69 bits per heavy atom. The molecule has 2 rings (SSSR count). The summed E-state index contributed by atoms with van der Waals surface area (Å²) in [4.78, 5) is 6.62. The summed E-state index contributed by atoms with van der Waals surface area (Å²) < 4.78 is 0. The molecule has 0 amide bonds. The van der Waals surface area contributed by atoms with Crippen LogP contribution in [0.1, 0.15) is 0 Å². The molecule has 6 nitrogen and oxygen atoms in total. The zero-order chi connectivity index (χ0) is 11.4. The van der Waals surface area contributed by atoms with Crippen molar-refractivity contribution in [2.24, 2.45) is 5.11 Å². The second kappa shape index (κ2) is 4.57. The lowest BCUT2D eigenvalue weighted by Gasteiger charge is -1.99. The number of nitrogens with zero attached hydrogens (tertiary/aromatic N) is 6. The van der Waals surface area contributed by atoms with Crippen LogP contribution in [-0.4, -0.2) is 15.2 Å². The Kier molecular flexibility index (Phi) is 2.95. The molecule has 0 aliphatic carbocycles. The van der Waals surface area contributed by atoms with Gasteiger partial charge < -0.3 is 0 Å². The van der Waals surface area contributed by atoms with E-state index in [1.165, 1.54) is 6.20 Å². The van der Waals surface area contributed by atoms with Crippen molar-refractivity contribution in [3.8, 4) is 11.3 Å². The van der Waals surface area contributed by atoms with Gasteiger partial charge in [0.2, 0.25) is 5.95 Å². The van der Waals surface area contributed by atoms with Crippen LogP contribution in [0, 0.1) is 0 Å². The Bertz CT molecular complexity index is 546. The standard InChI is InChI=1S/C9H5ClN6/c10-7-3-1-6(2-4-7)8-5-12-14-9(13-8)15-16-11/h1-5H. The number of benzene rings is 1. The van der Waals surface area contributed by atoms with E-state index in [4.69, 9.17) is 17.1 Å². The second-order valence-electron chi connectivity index (χ2n) is 2.84. The third-order valence-electron chi connectivity index (χ3n) is 1.82. The van der Waals surface area contributed by atoms with Crippen LogP contribution in [0.4, 0.5) is 5.95 Å². The number of hydrogen-bond acceptors (Lipinski definition) is 4. The highest BCUT2D eigenvalue weighted by Gasteiger charge is 2.01. The fourth-order valence-corrected chi connectivity index (χ4v) is 1.26. The Labute approximate surface area is 95.6 Å². The Morgan fingerprint density at radius 2 is 2.00 bits per heavy atom. The summed E-state index contributed by atoms with van der Waals surface area (Å²) in [5.41, 5.74) is 9.66. The first-order valence-corrected chi connectivity index (χ1v) is 4.68. The van der Waals surface area contributed by atoms with E-state index in [1.54, 1.807) is 24.3 Å². The maximum absolute atomic E-state index is 8.25. The molecule has 78 valence electrons. The number of azide groups is 1. The maximum Gasteiger partial charge on any atom is 0.239 e. The molecule has 0 radical (unpaired) electrons. The van der Waals surface area contributed by atoms with Gasteiger partial charge in [-0.3, -0.25) is 0 Å². The van der Waals surface area contributed by atoms with Gasteiger partial charge in [-0.05, 0) is 22.8 Å². The zero-order valence-corrected chi connectivity index (χ0v) is 8.70. The minimum Gasteiger partial charge on any atom is -0.224 e. The van der Waals surface area contributed by atoms with Gasteiger partial charge in [0, 0.05) is 15.5 Å². The van der Waals surface area contributed by atoms with Gasteiger partial charge in [0.05, 0.1) is 11.9 Å². The highest BCUT2D eigenvalue weighted by atomic mass is 35.5. The SMILES string of the molecule is [N-]=[N+]=Nc1nncc(-c2ccc(Cl)cc2)n1. The molecule has 0 aliphatic rings. The lowest BCUT2D eigenvalue weighted by atomic mass is 10.2. The lowest BCUT2D eigenvalue weighted by molar-refractivity contribution is 0.964. The molecule has 0 spiro atoms. The molecule has 16 heavy (non-hydrogen) atoms. The smallest absolute Gasteiger partial charge is 0.224 e. The summed E-state index contributed by atoms with van der Waals surface area (Å²) in [6.07, 6.45) is 1.49. The third kappa shape index (κ3) is 2.25. The van der Waals surface area contributed by atoms with E-state index < -0.39 is 0 Å². The minimum absolute atomic E-state index is 0.00468. The minimum atomic E-state index is -0.00468. The number of aromatic nitrogens is 3. The molecular formula is C9H5ClN6. The van der Waals surface area contributed by atoms with E-state index in [9.17, 15) is 0 Å². The first kappa shape index (κ1) is 10.4. The van der Waals surface area contributed by atoms with Gasteiger partial charge in [-0.2, -0.15) is 5.10 Å². The van der Waals surface area contributed by atoms with Gasteiger partial charge >= 0.3 is 0 Å². The van der Waals surface area contributed by atoms with Crippen LogP contribution in [0.25, 0.3) is 21.7 Å². The van der Waals surface area contributed by atoms with Crippen LogP contribution >= 0.6 is 11.6 Å². The quantitative estimate of drug-likeness (QED) is 0.453. The van der Waals surface area contributed by atoms with Crippen molar-refractivity contribution in [1.29, 1.82) is 0 Å². The van der Waals surface area contributed by atoms with Crippen molar-refractivity contribution in [2.75, 3.05) is 0 Å². The normalized spacial score (nSPS) is 9.56. The van der Waals surface area contributed by atoms with Gasteiger partial charge in [0.25, 0.3) is 0 Å². The largest absolute Gasteiger partial charge is 0.239 e. The fraction of sp³-hybridized carbons (Fsp3) is 0. The van der Waals surface area contributed by atoms with Crippen LogP contribution in [-0.2, 0) is 0 Å². The van der Waals surface area contributed by atoms with Gasteiger partial charge in [-0.25, -0.2) is 4.98 Å². The number of rotatable bonds is 2. The van der Waals surface area contributed by atoms with E-state index in [2.05, 4.69) is 25.2 Å². The van der Waals surface area contributed by atoms with Crippen LogP contribution < -0.4 is 0 Å². The van der Waals surface area contributed by atoms with Crippen LogP contribution in [0.5, 0.6) is 0 Å². The topological polar surface area (TPSA) is 87.4 Å². The van der Waals surface area contributed by atoms with E-state index in [0.717, 1.165) is 5.56 Å². The lowest BCUT2D eigenvalue weighted by Crippen LogP contribution is -1.89. The molecule has 1 aromatic carbocycles. The summed E-state index contributed by atoms with van der Waals surface area (Å²) >= 11 is 5.77. The molecular weight excluding hydrogens is 228 g/mol. The average Bonchev–Trinajstić information content (AvgIpc) is 2.31. The van der Waals surface area contributed by atoms with Crippen LogP contribution in [0.3, 0.4) is 0 Å². The summed E-state index contributed by atoms with van der Waals surface area (Å²) in [6.45, 7) is 0. The molecule has 0 saturated heterocycles. The maximum atomic E-state index is 8.25. The van der Waals surface area contributed by atoms with Gasteiger partial charge in [0.15, 0.2) is 0 Å². The Morgan fingerprint density at radius 1 is 1.25 bits per heavy atom. The highest BCUT2D eigenvalue weighted by molar-refractivity contribution is 6.30. The van der Waals surface area contributed by atoms with E-state index in [0.29, 0.717) is 10.7 Å². The molecule has 1 heterocycles. The van der Waals surface area contributed by atoms with Gasteiger partial charge in [-0.15, -0.1) is 5.10 Å². The molecule has 0 N–H and O–H groups in total. The summed E-state index contributed by atoms with van der Waals surface area (Å²) in [7, 11) is 0. The first-order valence-electron chi connectivity index (χ1n) is 4.30. The number of hydrogen-bond donors (Lipinski definition) is 0. The number of halogens is 1. The Hall–Kier alpha value is -2.17. The molecule has 0 unspecified atom stereocenters. The van der Waals surface area contributed by atoms with Crippen molar-refractivity contribution in [3.63, 3.8) is 0 Å². The van der Waals surface area contributed by atoms with Crippen molar-refractivity contribution in [2.45, 2.75) is 0 Å². The van der Waals surface area contributed by atoms with Crippen molar-refractivity contribution in [1.82, 2.24) is 15.2 Å². The predicted octanol–water partition coefficient (Wildman–Crippen LogP) is 3.13. The second-order valence-corrected chi connectivity index (χ2v) is 3.27. The van der Waals surface area contributed by atoms with E-state index in [1.807, 2.05) is 0 Å². The zero-order valence-electron chi connectivity index (χ0n) is 7.95. The van der Waals surface area contributed by atoms with E-state index in [-0.39, 0.29) is 5.95 Å². The molecule has 0 fully saturated rings. The average molecular weight is 233 g/mol. The molecule has 0 bridgehead atoms. The molecule has 1 aromatic heterocycles. The Balaban J connectivity index is 2.43. The first-order chi connectivity index (χ1) is 7.79. The van der Waals surface area contributed by atoms with E-state index >= 15 is 0 Å². The third-order valence-corrected chi connectivity index (χ3v) is 2.07. The summed E-state index contributed by atoms with van der Waals surface area (Å²) in [5.74, 6) is -0.00468. The highest BCUT2D eigenvalue weighted by Crippen LogP contribution is 2.19. The van der Waals surface area contributed by atoms with Crippen LogP contribution in [0.2, 0.25) is 5.02 Å². The van der Waals surface area contributed by atoms with Crippen LogP contribution in [0.15, 0.2) is 35.6 Å². The summed E-state index contributed by atoms with van der Waals surface area (Å²) in [5, 5.41) is 11.2. The van der Waals surface area contributed by atoms with Gasteiger partial charge in [0.1, 0.15) is 0 Å². The molecule has 0 aliphatic heterocycles. The van der Waals surface area contributed by atoms with Crippen molar-refractivity contribution in [3.05, 3.63) is 45.9 Å². The fourth-order valence-electron chi connectivity index (χ4n) is 1.14. The molecule has 7 heteroatoms. The van der Waals surface area contributed by atoms with Crippen molar-refractivity contribution < 1.29 is 0 Å². The molecule has 0 atom stereocenters. The summed E-state index contributed by atoms with van der Waals surface area (Å²) in [6, 6.07) is 7.08. The molecule has 0 saturated carbocycles. The monoisotopic (exact) mass is 232 g/mol.